The van der Waals surface area contributed by atoms with Gasteiger partial charge in [0.2, 0.25) is 0 Å². The maximum absolute atomic E-state index is 6.28. The van der Waals surface area contributed by atoms with Crippen molar-refractivity contribution in [3.8, 4) is 5.75 Å². The molecular formula is C18H19NO. The standard InChI is InChI=1S/C18H19NO/c19-16-11-18(20-17-4-2-1-3-15(16)17)14-9-7-13(8-10-14)12-5-6-12/h1-4,7-10,12,16,18H,5-6,11,19H2. The van der Waals surface area contributed by atoms with Crippen LogP contribution >= 0.6 is 0 Å². The van der Waals surface area contributed by atoms with Gasteiger partial charge in [0.15, 0.2) is 0 Å². The fraction of sp³-hybridized carbons (Fsp3) is 0.333. The largest absolute Gasteiger partial charge is 0.485 e. The lowest BCUT2D eigenvalue weighted by atomic mass is 9.93. The quantitative estimate of drug-likeness (QED) is 0.887. The Morgan fingerprint density at radius 2 is 1.60 bits per heavy atom. The van der Waals surface area contributed by atoms with Gasteiger partial charge in [0.05, 0.1) is 0 Å². The van der Waals surface area contributed by atoms with Crippen molar-refractivity contribution in [2.45, 2.75) is 37.3 Å². The predicted octanol–water partition coefficient (Wildman–Crippen LogP) is 4.09. The van der Waals surface area contributed by atoms with Crippen LogP contribution in [0.15, 0.2) is 48.5 Å². The highest BCUT2D eigenvalue weighted by atomic mass is 16.5. The minimum Gasteiger partial charge on any atom is -0.485 e. The van der Waals surface area contributed by atoms with Crippen LogP contribution in [0, 0.1) is 0 Å². The Bertz CT molecular complexity index is 616. The minimum atomic E-state index is 0.0630. The lowest BCUT2D eigenvalue weighted by Gasteiger charge is -2.30. The molecule has 2 aliphatic rings. The van der Waals surface area contributed by atoms with Crippen molar-refractivity contribution in [1.29, 1.82) is 0 Å². The summed E-state index contributed by atoms with van der Waals surface area (Å²) in [6, 6.07) is 17.1. The summed E-state index contributed by atoms with van der Waals surface area (Å²) in [5.41, 5.74) is 10.1. The molecule has 1 saturated carbocycles. The number of rotatable bonds is 2. The Balaban J connectivity index is 1.60. The van der Waals surface area contributed by atoms with Gasteiger partial charge < -0.3 is 10.5 Å². The minimum absolute atomic E-state index is 0.0630. The summed E-state index contributed by atoms with van der Waals surface area (Å²) in [5, 5.41) is 0. The second kappa shape index (κ2) is 4.64. The number of hydrogen-bond donors (Lipinski definition) is 1. The van der Waals surface area contributed by atoms with Gasteiger partial charge in [0.25, 0.3) is 0 Å². The molecule has 0 radical (unpaired) electrons. The van der Waals surface area contributed by atoms with E-state index < -0.39 is 0 Å². The third-order valence-electron chi connectivity index (χ3n) is 4.41. The van der Waals surface area contributed by atoms with E-state index in [4.69, 9.17) is 10.5 Å². The molecule has 0 spiro atoms. The molecule has 0 bridgehead atoms. The van der Waals surface area contributed by atoms with Gasteiger partial charge in [0.1, 0.15) is 11.9 Å². The molecule has 1 aliphatic carbocycles. The van der Waals surface area contributed by atoms with E-state index in [1.165, 1.54) is 24.0 Å². The van der Waals surface area contributed by atoms with Crippen molar-refractivity contribution in [1.82, 2.24) is 0 Å². The molecule has 4 rings (SSSR count). The average molecular weight is 265 g/mol. The summed E-state index contributed by atoms with van der Waals surface area (Å²) in [6.07, 6.45) is 3.61. The van der Waals surface area contributed by atoms with Gasteiger partial charge in [-0.1, -0.05) is 42.5 Å². The molecule has 2 aromatic rings. The Morgan fingerprint density at radius 1 is 0.900 bits per heavy atom. The first kappa shape index (κ1) is 12.0. The van der Waals surface area contributed by atoms with Crippen molar-refractivity contribution in [2.24, 2.45) is 5.73 Å². The molecule has 0 saturated heterocycles. The third kappa shape index (κ3) is 2.10. The SMILES string of the molecule is NC1CC(c2ccc(C3CC3)cc2)Oc2ccccc21. The van der Waals surface area contributed by atoms with Gasteiger partial charge in [-0.15, -0.1) is 0 Å². The van der Waals surface area contributed by atoms with E-state index in [-0.39, 0.29) is 12.1 Å². The Labute approximate surface area is 119 Å². The molecule has 2 nitrogen and oxygen atoms in total. The highest BCUT2D eigenvalue weighted by molar-refractivity contribution is 5.39. The lowest BCUT2D eigenvalue weighted by molar-refractivity contribution is 0.161. The van der Waals surface area contributed by atoms with Gasteiger partial charge in [-0.2, -0.15) is 0 Å². The number of benzene rings is 2. The van der Waals surface area contributed by atoms with Gasteiger partial charge in [-0.3, -0.25) is 0 Å². The molecule has 20 heavy (non-hydrogen) atoms. The number of ether oxygens (including phenoxy) is 1. The van der Waals surface area contributed by atoms with E-state index >= 15 is 0 Å². The van der Waals surface area contributed by atoms with Gasteiger partial charge in [0, 0.05) is 18.0 Å². The predicted molar refractivity (Wildman–Crippen MR) is 79.8 cm³/mol. The topological polar surface area (TPSA) is 35.2 Å². The monoisotopic (exact) mass is 265 g/mol. The normalized spacial score (nSPS) is 24.9. The van der Waals surface area contributed by atoms with Gasteiger partial charge in [-0.05, 0) is 36.0 Å². The van der Waals surface area contributed by atoms with Crippen molar-refractivity contribution in [3.05, 3.63) is 65.2 Å². The number of nitrogens with two attached hydrogens (primary N) is 1. The molecule has 1 fully saturated rings. The summed E-state index contributed by atoms with van der Waals surface area (Å²) >= 11 is 0. The maximum Gasteiger partial charge on any atom is 0.126 e. The van der Waals surface area contributed by atoms with Crippen molar-refractivity contribution < 1.29 is 4.74 Å². The average Bonchev–Trinajstić information content (AvgIpc) is 3.32. The van der Waals surface area contributed by atoms with Crippen LogP contribution in [0.5, 0.6) is 5.75 Å². The third-order valence-corrected chi connectivity index (χ3v) is 4.41. The van der Waals surface area contributed by atoms with E-state index in [1.807, 2.05) is 18.2 Å². The number of hydrogen-bond acceptors (Lipinski definition) is 2. The highest BCUT2D eigenvalue weighted by Crippen LogP contribution is 2.42. The smallest absolute Gasteiger partial charge is 0.126 e. The fourth-order valence-corrected chi connectivity index (χ4v) is 3.06. The summed E-state index contributed by atoms with van der Waals surface area (Å²) in [7, 11) is 0. The highest BCUT2D eigenvalue weighted by Gasteiger charge is 2.27. The van der Waals surface area contributed by atoms with Crippen molar-refractivity contribution in [3.63, 3.8) is 0 Å². The molecule has 1 heterocycles. The first-order valence-corrected chi connectivity index (χ1v) is 7.42. The van der Waals surface area contributed by atoms with Gasteiger partial charge >= 0.3 is 0 Å². The second-order valence-electron chi connectivity index (χ2n) is 5.93. The molecular weight excluding hydrogens is 246 g/mol. The van der Waals surface area contributed by atoms with Crippen LogP contribution in [-0.2, 0) is 0 Å². The van der Waals surface area contributed by atoms with Crippen LogP contribution < -0.4 is 10.5 Å². The molecule has 0 aromatic heterocycles. The Kier molecular flexibility index (Phi) is 2.78. The zero-order valence-corrected chi connectivity index (χ0v) is 11.5. The molecule has 2 N–H and O–H groups in total. The van der Waals surface area contributed by atoms with E-state index in [0.717, 1.165) is 23.7 Å². The summed E-state index contributed by atoms with van der Waals surface area (Å²) < 4.78 is 6.12. The second-order valence-corrected chi connectivity index (χ2v) is 5.93. The first-order valence-electron chi connectivity index (χ1n) is 7.42. The zero-order chi connectivity index (χ0) is 13.5. The van der Waals surface area contributed by atoms with Crippen LogP contribution in [0.3, 0.4) is 0 Å². The van der Waals surface area contributed by atoms with Gasteiger partial charge in [-0.25, -0.2) is 0 Å². The molecule has 2 atom stereocenters. The van der Waals surface area contributed by atoms with E-state index in [1.54, 1.807) is 0 Å². The zero-order valence-electron chi connectivity index (χ0n) is 11.5. The molecule has 2 unspecified atom stereocenters. The van der Waals surface area contributed by atoms with Crippen molar-refractivity contribution >= 4 is 0 Å². The van der Waals surface area contributed by atoms with E-state index in [9.17, 15) is 0 Å². The van der Waals surface area contributed by atoms with Crippen molar-refractivity contribution in [2.75, 3.05) is 0 Å². The van der Waals surface area contributed by atoms with E-state index in [0.29, 0.717) is 0 Å². The van der Waals surface area contributed by atoms with Crippen LogP contribution in [0.4, 0.5) is 0 Å². The van der Waals surface area contributed by atoms with Crippen LogP contribution in [0.25, 0.3) is 0 Å². The Morgan fingerprint density at radius 3 is 2.35 bits per heavy atom. The molecule has 2 aromatic carbocycles. The molecule has 2 heteroatoms. The van der Waals surface area contributed by atoms with Crippen LogP contribution in [-0.4, -0.2) is 0 Å². The molecule has 102 valence electrons. The Hall–Kier alpha value is -1.80. The lowest BCUT2D eigenvalue weighted by Crippen LogP contribution is -2.24. The summed E-state index contributed by atoms with van der Waals surface area (Å²) in [6.45, 7) is 0. The van der Waals surface area contributed by atoms with Crippen LogP contribution in [0.1, 0.15) is 54.0 Å². The molecule has 0 amide bonds. The van der Waals surface area contributed by atoms with E-state index in [2.05, 4.69) is 30.3 Å². The summed E-state index contributed by atoms with van der Waals surface area (Å²) in [4.78, 5) is 0. The maximum atomic E-state index is 6.28. The number of para-hydroxylation sites is 1. The fourth-order valence-electron chi connectivity index (χ4n) is 3.06. The number of fused-ring (bicyclic) bond motifs is 1. The molecule has 1 aliphatic heterocycles. The first-order chi connectivity index (χ1) is 9.81. The van der Waals surface area contributed by atoms with Crippen LogP contribution in [0.2, 0.25) is 0 Å². The summed E-state index contributed by atoms with van der Waals surface area (Å²) in [5.74, 6) is 1.74.